The van der Waals surface area contributed by atoms with Crippen LogP contribution in [0, 0.1) is 0 Å². The zero-order valence-corrected chi connectivity index (χ0v) is 8.66. The Labute approximate surface area is 84.0 Å². The van der Waals surface area contributed by atoms with E-state index in [1.165, 1.54) is 18.3 Å². The van der Waals surface area contributed by atoms with Crippen molar-refractivity contribution in [1.82, 2.24) is 4.98 Å². The summed E-state index contributed by atoms with van der Waals surface area (Å²) in [5, 5.41) is 0. The van der Waals surface area contributed by atoms with Gasteiger partial charge >= 0.3 is 0 Å². The average molecular weight is 213 g/mol. The molecule has 0 fully saturated rings. The second-order valence-corrected chi connectivity index (χ2v) is 5.17. The number of para-hydroxylation sites is 1. The summed E-state index contributed by atoms with van der Waals surface area (Å²) in [4.78, 5) is 4.29. The molecule has 1 heterocycles. The maximum absolute atomic E-state index is 12.6. The van der Waals surface area contributed by atoms with Crippen LogP contribution in [0.3, 0.4) is 0 Å². The number of hydrogen-bond acceptors (Lipinski definition) is 3. The summed E-state index contributed by atoms with van der Waals surface area (Å²) in [5.74, 6) is 0. The fourth-order valence-electron chi connectivity index (χ4n) is 1.04. The smallest absolute Gasteiger partial charge is 0.153 e. The molecule has 4 heteroatoms. The summed E-state index contributed by atoms with van der Waals surface area (Å²) in [7, 11) is 0. The van der Waals surface area contributed by atoms with Crippen LogP contribution in [0.15, 0.2) is 28.6 Å². The van der Waals surface area contributed by atoms with E-state index in [-0.39, 0.29) is 0 Å². The molecule has 1 aromatic heterocycles. The Balaban J connectivity index is 2.38. The number of fused-ring (bicyclic) bond motifs is 1. The highest BCUT2D eigenvalue weighted by Crippen LogP contribution is 2.31. The summed E-state index contributed by atoms with van der Waals surface area (Å²) < 4.78 is 14.6. The molecule has 0 saturated carbocycles. The van der Waals surface area contributed by atoms with Crippen LogP contribution in [0.4, 0.5) is 4.39 Å². The van der Waals surface area contributed by atoms with Gasteiger partial charge in [0.25, 0.3) is 0 Å². The second-order valence-electron chi connectivity index (χ2n) is 2.61. The van der Waals surface area contributed by atoms with Crippen molar-refractivity contribution in [3.8, 4) is 0 Å². The highest BCUT2D eigenvalue weighted by molar-refractivity contribution is 8.01. The maximum atomic E-state index is 12.6. The van der Waals surface area contributed by atoms with Crippen LogP contribution >= 0.6 is 23.1 Å². The van der Waals surface area contributed by atoms with Crippen LogP contribution in [-0.4, -0.2) is 10.5 Å². The number of thioether (sulfide) groups is 1. The van der Waals surface area contributed by atoms with Gasteiger partial charge in [-0.3, -0.25) is 0 Å². The van der Waals surface area contributed by atoms with Gasteiger partial charge in [-0.05, 0) is 19.1 Å². The van der Waals surface area contributed by atoms with E-state index in [0.29, 0.717) is 0 Å². The van der Waals surface area contributed by atoms with E-state index < -0.39 is 5.50 Å². The lowest BCUT2D eigenvalue weighted by Gasteiger charge is -1.93. The van der Waals surface area contributed by atoms with E-state index in [1.54, 1.807) is 0 Å². The molecule has 13 heavy (non-hydrogen) atoms. The maximum Gasteiger partial charge on any atom is 0.153 e. The fourth-order valence-corrected chi connectivity index (χ4v) is 3.03. The van der Waals surface area contributed by atoms with Crippen LogP contribution in [0.5, 0.6) is 0 Å². The SMILES string of the molecule is C[C@@H](F)Sc1nc2ccccc2s1. The normalized spacial score (nSPS) is 13.4. The van der Waals surface area contributed by atoms with Gasteiger partial charge in [-0.2, -0.15) is 0 Å². The van der Waals surface area contributed by atoms with E-state index >= 15 is 0 Å². The quantitative estimate of drug-likeness (QED) is 0.705. The molecule has 0 aliphatic carbocycles. The predicted octanol–water partition coefficient (Wildman–Crippen LogP) is 3.70. The number of aromatic nitrogens is 1. The summed E-state index contributed by atoms with van der Waals surface area (Å²) in [6.45, 7) is 1.52. The van der Waals surface area contributed by atoms with Crippen molar-refractivity contribution in [1.29, 1.82) is 0 Å². The molecular formula is C9H8FNS2. The van der Waals surface area contributed by atoms with E-state index in [2.05, 4.69) is 4.98 Å². The van der Waals surface area contributed by atoms with Crippen LogP contribution in [0.1, 0.15) is 6.92 Å². The first-order chi connectivity index (χ1) is 6.25. The zero-order chi connectivity index (χ0) is 9.26. The van der Waals surface area contributed by atoms with Crippen LogP contribution < -0.4 is 0 Å². The highest BCUT2D eigenvalue weighted by Gasteiger charge is 2.06. The third-order valence-corrected chi connectivity index (χ3v) is 3.52. The zero-order valence-electron chi connectivity index (χ0n) is 7.03. The van der Waals surface area contributed by atoms with Crippen molar-refractivity contribution < 1.29 is 4.39 Å². The minimum absolute atomic E-state index is 0.802. The molecule has 0 spiro atoms. The van der Waals surface area contributed by atoms with Crippen LogP contribution in [0.25, 0.3) is 10.2 Å². The number of nitrogens with zero attached hydrogens (tertiary/aromatic N) is 1. The fraction of sp³-hybridized carbons (Fsp3) is 0.222. The summed E-state index contributed by atoms with van der Waals surface area (Å²) in [6, 6.07) is 7.85. The lowest BCUT2D eigenvalue weighted by molar-refractivity contribution is 0.483. The lowest BCUT2D eigenvalue weighted by atomic mass is 10.3. The number of rotatable bonds is 2. The Morgan fingerprint density at radius 3 is 2.92 bits per heavy atom. The summed E-state index contributed by atoms with van der Waals surface area (Å²) >= 11 is 2.70. The van der Waals surface area contributed by atoms with Gasteiger partial charge in [-0.25, -0.2) is 9.37 Å². The average Bonchev–Trinajstić information content (AvgIpc) is 2.44. The van der Waals surface area contributed by atoms with E-state index in [4.69, 9.17) is 0 Å². The largest absolute Gasteiger partial charge is 0.235 e. The number of hydrogen-bond donors (Lipinski definition) is 0. The van der Waals surface area contributed by atoms with Gasteiger partial charge in [-0.1, -0.05) is 23.9 Å². The molecule has 0 amide bonds. The topological polar surface area (TPSA) is 12.9 Å². The molecule has 2 rings (SSSR count). The molecule has 1 aromatic carbocycles. The Kier molecular flexibility index (Phi) is 2.51. The Hall–Kier alpha value is -0.610. The first kappa shape index (κ1) is 8.97. The van der Waals surface area contributed by atoms with Gasteiger partial charge in [0.2, 0.25) is 0 Å². The molecule has 0 bridgehead atoms. The second kappa shape index (κ2) is 3.64. The first-order valence-corrected chi connectivity index (χ1v) is 5.61. The Morgan fingerprint density at radius 2 is 2.23 bits per heavy atom. The Morgan fingerprint density at radius 1 is 1.46 bits per heavy atom. The van der Waals surface area contributed by atoms with Crippen molar-refractivity contribution in [2.45, 2.75) is 16.8 Å². The number of alkyl halides is 1. The molecule has 68 valence electrons. The number of halogens is 1. The molecule has 2 aromatic rings. The monoisotopic (exact) mass is 213 g/mol. The molecule has 0 unspecified atom stereocenters. The standard InChI is InChI=1S/C9H8FNS2/c1-6(10)12-9-11-7-4-2-3-5-8(7)13-9/h2-6H,1H3/t6-/m0/s1. The minimum atomic E-state index is -0.888. The number of benzene rings is 1. The van der Waals surface area contributed by atoms with Crippen LogP contribution in [-0.2, 0) is 0 Å². The van der Waals surface area contributed by atoms with Gasteiger partial charge in [-0.15, -0.1) is 11.3 Å². The van der Waals surface area contributed by atoms with Gasteiger partial charge < -0.3 is 0 Å². The molecule has 0 aliphatic rings. The molecular weight excluding hydrogens is 205 g/mol. The molecule has 1 nitrogen and oxygen atoms in total. The van der Waals surface area contributed by atoms with Crippen molar-refractivity contribution in [3.05, 3.63) is 24.3 Å². The molecule has 0 saturated heterocycles. The van der Waals surface area contributed by atoms with E-state index in [1.807, 2.05) is 24.3 Å². The molecule has 1 atom stereocenters. The molecule has 0 aliphatic heterocycles. The van der Waals surface area contributed by atoms with E-state index in [0.717, 1.165) is 26.3 Å². The lowest BCUT2D eigenvalue weighted by Crippen LogP contribution is -1.81. The van der Waals surface area contributed by atoms with Crippen molar-refractivity contribution in [3.63, 3.8) is 0 Å². The van der Waals surface area contributed by atoms with Crippen molar-refractivity contribution in [2.24, 2.45) is 0 Å². The third kappa shape index (κ3) is 2.00. The Bertz CT molecular complexity index is 378. The van der Waals surface area contributed by atoms with Gasteiger partial charge in [0.15, 0.2) is 4.34 Å². The molecule has 0 N–H and O–H groups in total. The summed E-state index contributed by atoms with van der Waals surface area (Å²) in [6.07, 6.45) is 0. The predicted molar refractivity (Wildman–Crippen MR) is 56.0 cm³/mol. The van der Waals surface area contributed by atoms with Crippen LogP contribution in [0.2, 0.25) is 0 Å². The minimum Gasteiger partial charge on any atom is -0.235 e. The van der Waals surface area contributed by atoms with Crippen molar-refractivity contribution >= 4 is 33.3 Å². The van der Waals surface area contributed by atoms with Gasteiger partial charge in [0, 0.05) is 0 Å². The van der Waals surface area contributed by atoms with E-state index in [9.17, 15) is 4.39 Å². The highest BCUT2D eigenvalue weighted by atomic mass is 32.2. The first-order valence-electron chi connectivity index (χ1n) is 3.92. The van der Waals surface area contributed by atoms with Gasteiger partial charge in [0.05, 0.1) is 10.2 Å². The third-order valence-electron chi connectivity index (χ3n) is 1.54. The molecule has 0 radical (unpaired) electrons. The number of thiazole rings is 1. The van der Waals surface area contributed by atoms with Crippen molar-refractivity contribution in [2.75, 3.05) is 0 Å². The summed E-state index contributed by atoms with van der Waals surface area (Å²) in [5.41, 5.74) is 0.0659. The van der Waals surface area contributed by atoms with Gasteiger partial charge in [0.1, 0.15) is 5.50 Å².